The van der Waals surface area contributed by atoms with Gasteiger partial charge in [0, 0.05) is 23.8 Å². The van der Waals surface area contributed by atoms with Gasteiger partial charge in [-0.05, 0) is 26.7 Å². The normalized spacial score (nSPS) is 14.4. The standard InChI is InChI=1S/C13H19N3O3/c1-8-11(9(2)15-14-8)7-12(17)16(10-3-4-10)6-5-13(18)19/h10H,3-7H2,1-2H3,(H,14,15)(H,18,19). The van der Waals surface area contributed by atoms with Gasteiger partial charge in [0.05, 0.1) is 18.5 Å². The van der Waals surface area contributed by atoms with E-state index in [0.29, 0.717) is 13.0 Å². The molecule has 1 aromatic heterocycles. The molecule has 1 amide bonds. The van der Waals surface area contributed by atoms with Gasteiger partial charge in [-0.2, -0.15) is 5.10 Å². The van der Waals surface area contributed by atoms with Gasteiger partial charge in [-0.25, -0.2) is 0 Å². The number of aromatic amines is 1. The van der Waals surface area contributed by atoms with Gasteiger partial charge in [0.2, 0.25) is 5.91 Å². The number of rotatable bonds is 6. The molecule has 0 aromatic carbocycles. The lowest BCUT2D eigenvalue weighted by Crippen LogP contribution is -2.36. The lowest BCUT2D eigenvalue weighted by molar-refractivity contribution is -0.138. The highest BCUT2D eigenvalue weighted by molar-refractivity contribution is 5.80. The zero-order valence-electron chi connectivity index (χ0n) is 11.3. The van der Waals surface area contributed by atoms with Gasteiger partial charge >= 0.3 is 5.97 Å². The molecule has 2 N–H and O–H groups in total. The van der Waals surface area contributed by atoms with Crippen molar-refractivity contribution in [1.82, 2.24) is 15.1 Å². The molecule has 1 aromatic rings. The molecule has 104 valence electrons. The molecule has 0 atom stereocenters. The minimum atomic E-state index is -0.867. The van der Waals surface area contributed by atoms with Crippen molar-refractivity contribution in [3.63, 3.8) is 0 Å². The molecular formula is C13H19N3O3. The summed E-state index contributed by atoms with van der Waals surface area (Å²) >= 11 is 0. The monoisotopic (exact) mass is 265 g/mol. The van der Waals surface area contributed by atoms with Crippen molar-refractivity contribution >= 4 is 11.9 Å². The number of aliphatic carboxylic acids is 1. The van der Waals surface area contributed by atoms with E-state index >= 15 is 0 Å². The highest BCUT2D eigenvalue weighted by Crippen LogP contribution is 2.28. The summed E-state index contributed by atoms with van der Waals surface area (Å²) in [6.45, 7) is 4.06. The lowest BCUT2D eigenvalue weighted by Gasteiger charge is -2.21. The maximum absolute atomic E-state index is 12.3. The van der Waals surface area contributed by atoms with Crippen LogP contribution in [0.1, 0.15) is 36.2 Å². The Labute approximate surface area is 111 Å². The third-order valence-electron chi connectivity index (χ3n) is 3.48. The fourth-order valence-electron chi connectivity index (χ4n) is 2.20. The number of nitrogens with one attached hydrogen (secondary N) is 1. The van der Waals surface area contributed by atoms with Crippen molar-refractivity contribution in [2.45, 2.75) is 45.6 Å². The average Bonchev–Trinajstić information content (AvgIpc) is 3.12. The molecule has 2 rings (SSSR count). The van der Waals surface area contributed by atoms with Crippen LogP contribution in [0, 0.1) is 13.8 Å². The molecule has 1 aliphatic carbocycles. The highest BCUT2D eigenvalue weighted by atomic mass is 16.4. The van der Waals surface area contributed by atoms with Crippen LogP contribution >= 0.6 is 0 Å². The molecule has 19 heavy (non-hydrogen) atoms. The van der Waals surface area contributed by atoms with E-state index in [-0.39, 0.29) is 18.4 Å². The van der Waals surface area contributed by atoms with Crippen LogP contribution in [0.4, 0.5) is 0 Å². The first-order valence-corrected chi connectivity index (χ1v) is 6.50. The molecule has 0 unspecified atom stereocenters. The Hall–Kier alpha value is -1.85. The summed E-state index contributed by atoms with van der Waals surface area (Å²) in [5.74, 6) is -0.870. The summed E-state index contributed by atoms with van der Waals surface area (Å²) in [4.78, 5) is 24.7. The zero-order valence-corrected chi connectivity index (χ0v) is 11.3. The first-order chi connectivity index (χ1) is 8.99. The first kappa shape index (κ1) is 13.6. The van der Waals surface area contributed by atoms with Crippen molar-refractivity contribution in [1.29, 1.82) is 0 Å². The second kappa shape index (κ2) is 5.42. The van der Waals surface area contributed by atoms with Crippen LogP contribution in [-0.2, 0) is 16.0 Å². The Morgan fingerprint density at radius 1 is 1.42 bits per heavy atom. The minimum Gasteiger partial charge on any atom is -0.481 e. The molecule has 1 fully saturated rings. The molecular weight excluding hydrogens is 246 g/mol. The fourth-order valence-corrected chi connectivity index (χ4v) is 2.20. The zero-order chi connectivity index (χ0) is 14.0. The predicted octanol–water partition coefficient (Wildman–Crippen LogP) is 1.03. The van der Waals surface area contributed by atoms with Gasteiger partial charge in [0.15, 0.2) is 0 Å². The Morgan fingerprint density at radius 2 is 2.11 bits per heavy atom. The van der Waals surface area contributed by atoms with Crippen molar-refractivity contribution in [2.24, 2.45) is 0 Å². The number of carbonyl (C=O) groups is 2. The Kier molecular flexibility index (Phi) is 3.87. The molecule has 6 heteroatoms. The number of aromatic nitrogens is 2. The van der Waals surface area contributed by atoms with E-state index in [1.165, 1.54) is 0 Å². The number of aryl methyl sites for hydroxylation is 2. The number of carbonyl (C=O) groups excluding carboxylic acids is 1. The fraction of sp³-hybridized carbons (Fsp3) is 0.615. The molecule has 1 aliphatic rings. The van der Waals surface area contributed by atoms with E-state index in [1.807, 2.05) is 13.8 Å². The van der Waals surface area contributed by atoms with E-state index in [2.05, 4.69) is 10.2 Å². The van der Waals surface area contributed by atoms with E-state index in [0.717, 1.165) is 29.8 Å². The van der Waals surface area contributed by atoms with Gasteiger partial charge in [0.25, 0.3) is 0 Å². The molecule has 1 heterocycles. The molecule has 6 nitrogen and oxygen atoms in total. The summed E-state index contributed by atoms with van der Waals surface area (Å²) in [6.07, 6.45) is 2.26. The number of nitrogens with zero attached hydrogens (tertiary/aromatic N) is 2. The topological polar surface area (TPSA) is 86.3 Å². The van der Waals surface area contributed by atoms with Crippen LogP contribution in [-0.4, -0.2) is 44.7 Å². The van der Waals surface area contributed by atoms with E-state index in [9.17, 15) is 9.59 Å². The second-order valence-electron chi connectivity index (χ2n) is 5.05. The molecule has 0 aliphatic heterocycles. The Balaban J connectivity index is 2.01. The van der Waals surface area contributed by atoms with Crippen molar-refractivity contribution in [2.75, 3.05) is 6.54 Å². The number of hydrogen-bond donors (Lipinski definition) is 2. The summed E-state index contributed by atoms with van der Waals surface area (Å²) in [7, 11) is 0. The minimum absolute atomic E-state index is 0.00338. The first-order valence-electron chi connectivity index (χ1n) is 6.50. The third-order valence-corrected chi connectivity index (χ3v) is 3.48. The van der Waals surface area contributed by atoms with Crippen LogP contribution in [0.5, 0.6) is 0 Å². The van der Waals surface area contributed by atoms with Crippen LogP contribution < -0.4 is 0 Å². The van der Waals surface area contributed by atoms with Crippen LogP contribution in [0.25, 0.3) is 0 Å². The SMILES string of the molecule is Cc1n[nH]c(C)c1CC(=O)N(CCC(=O)O)C1CC1. The Morgan fingerprint density at radius 3 is 2.58 bits per heavy atom. The number of amides is 1. The summed E-state index contributed by atoms with van der Waals surface area (Å²) in [6, 6.07) is 0.236. The van der Waals surface area contributed by atoms with Crippen molar-refractivity contribution < 1.29 is 14.7 Å². The maximum Gasteiger partial charge on any atom is 0.305 e. The molecule has 0 spiro atoms. The smallest absolute Gasteiger partial charge is 0.305 e. The molecule has 0 bridgehead atoms. The third kappa shape index (κ3) is 3.33. The highest BCUT2D eigenvalue weighted by Gasteiger charge is 2.32. The summed E-state index contributed by atoms with van der Waals surface area (Å²) in [5.41, 5.74) is 2.66. The van der Waals surface area contributed by atoms with Gasteiger partial charge in [-0.3, -0.25) is 14.7 Å². The number of hydrogen-bond acceptors (Lipinski definition) is 3. The van der Waals surface area contributed by atoms with Crippen molar-refractivity contribution in [3.05, 3.63) is 17.0 Å². The molecule has 1 saturated carbocycles. The maximum atomic E-state index is 12.3. The number of carboxylic acid groups (broad SMARTS) is 1. The second-order valence-corrected chi connectivity index (χ2v) is 5.05. The van der Waals surface area contributed by atoms with Gasteiger partial charge < -0.3 is 10.0 Å². The van der Waals surface area contributed by atoms with Crippen LogP contribution in [0.2, 0.25) is 0 Å². The van der Waals surface area contributed by atoms with Gasteiger partial charge in [-0.1, -0.05) is 0 Å². The summed E-state index contributed by atoms with van der Waals surface area (Å²) in [5, 5.41) is 15.7. The lowest BCUT2D eigenvalue weighted by atomic mass is 10.1. The summed E-state index contributed by atoms with van der Waals surface area (Å²) < 4.78 is 0. The number of H-pyrrole nitrogens is 1. The molecule has 0 saturated heterocycles. The van der Waals surface area contributed by atoms with E-state index in [4.69, 9.17) is 5.11 Å². The largest absolute Gasteiger partial charge is 0.481 e. The molecule has 0 radical (unpaired) electrons. The number of carboxylic acids is 1. The van der Waals surface area contributed by atoms with Crippen molar-refractivity contribution in [3.8, 4) is 0 Å². The van der Waals surface area contributed by atoms with Gasteiger partial charge in [-0.15, -0.1) is 0 Å². The van der Waals surface area contributed by atoms with E-state index < -0.39 is 5.97 Å². The van der Waals surface area contributed by atoms with E-state index in [1.54, 1.807) is 4.90 Å². The average molecular weight is 265 g/mol. The quantitative estimate of drug-likeness (QED) is 0.804. The van der Waals surface area contributed by atoms with Gasteiger partial charge in [0.1, 0.15) is 0 Å². The van der Waals surface area contributed by atoms with Crippen LogP contribution in [0.15, 0.2) is 0 Å². The predicted molar refractivity (Wildman–Crippen MR) is 68.8 cm³/mol. The van der Waals surface area contributed by atoms with Crippen LogP contribution in [0.3, 0.4) is 0 Å². The Bertz CT molecular complexity index is 472.